The van der Waals surface area contributed by atoms with E-state index >= 15 is 0 Å². The van der Waals surface area contributed by atoms with Crippen LogP contribution in [-0.2, 0) is 6.61 Å². The van der Waals surface area contributed by atoms with Crippen molar-refractivity contribution >= 4 is 0 Å². The van der Waals surface area contributed by atoms with E-state index in [4.69, 9.17) is 5.11 Å². The Hall–Kier alpha value is -1.23. The molecule has 0 aromatic heterocycles. The topological polar surface area (TPSA) is 29.5 Å². The van der Waals surface area contributed by atoms with Crippen LogP contribution in [0.25, 0.3) is 0 Å². The van der Waals surface area contributed by atoms with Crippen LogP contribution in [0.5, 0.6) is 5.75 Å². The zero-order valence-electron chi connectivity index (χ0n) is 7.21. The van der Waals surface area contributed by atoms with E-state index in [1.165, 1.54) is 6.07 Å². The van der Waals surface area contributed by atoms with E-state index in [1.54, 1.807) is 0 Å². The van der Waals surface area contributed by atoms with E-state index in [9.17, 15) is 13.2 Å². The average Bonchev–Trinajstić information content (AvgIpc) is 2.15. The number of aliphatic hydroxyl groups excluding tert-OH is 1. The van der Waals surface area contributed by atoms with Crippen LogP contribution in [0.1, 0.15) is 5.56 Å². The van der Waals surface area contributed by atoms with Gasteiger partial charge in [0.1, 0.15) is 18.2 Å². The second-order valence-corrected chi connectivity index (χ2v) is 2.61. The third-order valence-corrected chi connectivity index (χ3v) is 1.56. The molecule has 0 aliphatic heterocycles. The van der Waals surface area contributed by atoms with E-state index in [0.29, 0.717) is 0 Å². The molecule has 0 bridgehead atoms. The number of ether oxygens (including phenoxy) is 1. The Bertz CT molecular complexity index is 302. The van der Waals surface area contributed by atoms with Gasteiger partial charge in [-0.25, -0.2) is 13.2 Å². The van der Waals surface area contributed by atoms with Crippen molar-refractivity contribution in [1.29, 1.82) is 0 Å². The summed E-state index contributed by atoms with van der Waals surface area (Å²) in [5.41, 5.74) is 0.158. The van der Waals surface area contributed by atoms with Gasteiger partial charge in [0, 0.05) is 5.56 Å². The summed E-state index contributed by atoms with van der Waals surface area (Å²) in [4.78, 5) is 0. The van der Waals surface area contributed by atoms with Crippen LogP contribution in [0.2, 0.25) is 0 Å². The van der Waals surface area contributed by atoms with Crippen molar-refractivity contribution in [2.75, 3.05) is 6.61 Å². The molecule has 1 aromatic carbocycles. The number of benzene rings is 1. The maximum atomic E-state index is 12.6. The summed E-state index contributed by atoms with van der Waals surface area (Å²) in [5.74, 6) is -0.465. The summed E-state index contributed by atoms with van der Waals surface area (Å²) >= 11 is 0. The van der Waals surface area contributed by atoms with E-state index < -0.39 is 25.5 Å². The van der Waals surface area contributed by atoms with Gasteiger partial charge in [-0.2, -0.15) is 0 Å². The Kier molecular flexibility index (Phi) is 3.76. The molecule has 0 spiro atoms. The largest absolute Gasteiger partial charge is 0.487 e. The lowest BCUT2D eigenvalue weighted by Crippen LogP contribution is -2.08. The molecule has 2 nitrogen and oxygen atoms in total. The van der Waals surface area contributed by atoms with E-state index in [2.05, 4.69) is 4.74 Å². The highest BCUT2D eigenvalue weighted by molar-refractivity contribution is 5.33. The second-order valence-electron chi connectivity index (χ2n) is 2.61. The first-order chi connectivity index (χ1) is 6.63. The van der Waals surface area contributed by atoms with Crippen LogP contribution >= 0.6 is 0 Å². The van der Waals surface area contributed by atoms with Gasteiger partial charge in [-0.3, -0.25) is 0 Å². The minimum atomic E-state index is -2.59. The molecule has 0 heterocycles. The SMILES string of the molecule is OCc1cc(F)ccc1OCC(F)F. The predicted octanol–water partition coefficient (Wildman–Crippen LogP) is 1.96. The third kappa shape index (κ3) is 2.92. The fourth-order valence-electron chi connectivity index (χ4n) is 0.965. The normalized spacial score (nSPS) is 10.6. The number of alkyl halides is 2. The highest BCUT2D eigenvalue weighted by Gasteiger charge is 2.08. The van der Waals surface area contributed by atoms with Crippen molar-refractivity contribution in [3.05, 3.63) is 29.6 Å². The maximum Gasteiger partial charge on any atom is 0.272 e. The summed E-state index contributed by atoms with van der Waals surface area (Å²) in [7, 11) is 0. The summed E-state index contributed by atoms with van der Waals surface area (Å²) in [6.45, 7) is -1.21. The average molecular weight is 206 g/mol. The molecule has 0 unspecified atom stereocenters. The number of hydrogen-bond acceptors (Lipinski definition) is 2. The number of rotatable bonds is 4. The van der Waals surface area contributed by atoms with Gasteiger partial charge in [-0.05, 0) is 18.2 Å². The van der Waals surface area contributed by atoms with Crippen LogP contribution in [0.15, 0.2) is 18.2 Å². The van der Waals surface area contributed by atoms with Crippen molar-refractivity contribution in [3.8, 4) is 5.75 Å². The number of halogens is 3. The lowest BCUT2D eigenvalue weighted by Gasteiger charge is -2.09. The molecule has 1 N–H and O–H groups in total. The zero-order valence-corrected chi connectivity index (χ0v) is 7.21. The molecule has 14 heavy (non-hydrogen) atoms. The van der Waals surface area contributed by atoms with Crippen LogP contribution in [0, 0.1) is 5.82 Å². The Balaban J connectivity index is 2.75. The molecule has 78 valence electrons. The maximum absolute atomic E-state index is 12.6. The molecular weight excluding hydrogens is 197 g/mol. The van der Waals surface area contributed by atoms with Gasteiger partial charge in [-0.1, -0.05) is 0 Å². The van der Waals surface area contributed by atoms with Gasteiger partial charge in [0.05, 0.1) is 6.61 Å². The molecule has 0 fully saturated rings. The monoisotopic (exact) mass is 206 g/mol. The van der Waals surface area contributed by atoms with Gasteiger partial charge in [0.2, 0.25) is 0 Å². The van der Waals surface area contributed by atoms with Gasteiger partial charge < -0.3 is 9.84 Å². The molecule has 1 aromatic rings. The molecule has 5 heteroatoms. The Labute approximate surface area is 78.9 Å². The quantitative estimate of drug-likeness (QED) is 0.815. The number of hydrogen-bond donors (Lipinski definition) is 1. The van der Waals surface area contributed by atoms with Crippen LogP contribution in [-0.4, -0.2) is 18.1 Å². The van der Waals surface area contributed by atoms with Gasteiger partial charge in [0.15, 0.2) is 0 Å². The fourth-order valence-corrected chi connectivity index (χ4v) is 0.965. The van der Waals surface area contributed by atoms with Crippen LogP contribution < -0.4 is 4.74 Å². The minimum absolute atomic E-state index is 0.0780. The van der Waals surface area contributed by atoms with Crippen LogP contribution in [0.3, 0.4) is 0 Å². The molecule has 0 atom stereocenters. The molecule has 1 rings (SSSR count). The van der Waals surface area contributed by atoms with Crippen molar-refractivity contribution in [2.24, 2.45) is 0 Å². The highest BCUT2D eigenvalue weighted by atomic mass is 19.3. The highest BCUT2D eigenvalue weighted by Crippen LogP contribution is 2.20. The lowest BCUT2D eigenvalue weighted by molar-refractivity contribution is 0.0805. The van der Waals surface area contributed by atoms with Gasteiger partial charge in [-0.15, -0.1) is 0 Å². The Morgan fingerprint density at radius 3 is 2.64 bits per heavy atom. The van der Waals surface area contributed by atoms with Gasteiger partial charge >= 0.3 is 0 Å². The molecule has 0 saturated carbocycles. The first-order valence-corrected chi connectivity index (χ1v) is 3.93. The third-order valence-electron chi connectivity index (χ3n) is 1.56. The zero-order chi connectivity index (χ0) is 10.6. The molecule has 0 radical (unpaired) electrons. The summed E-state index contributed by atoms with van der Waals surface area (Å²) in [6, 6.07) is 3.34. The first-order valence-electron chi connectivity index (χ1n) is 3.93. The summed E-state index contributed by atoms with van der Waals surface area (Å²) in [5, 5.41) is 8.77. The molecular formula is C9H9F3O2. The lowest BCUT2D eigenvalue weighted by atomic mass is 10.2. The smallest absolute Gasteiger partial charge is 0.272 e. The van der Waals surface area contributed by atoms with Crippen molar-refractivity contribution in [3.63, 3.8) is 0 Å². The predicted molar refractivity (Wildman–Crippen MR) is 43.8 cm³/mol. The molecule has 0 aliphatic carbocycles. The van der Waals surface area contributed by atoms with E-state index in [1.807, 2.05) is 0 Å². The van der Waals surface area contributed by atoms with Crippen molar-refractivity contribution in [2.45, 2.75) is 13.0 Å². The standard InChI is InChI=1S/C9H9F3O2/c10-7-1-2-8(6(3-7)4-13)14-5-9(11)12/h1-3,9,13H,4-5H2. The summed E-state index contributed by atoms with van der Waals surface area (Å²) < 4.78 is 40.8. The number of aliphatic hydroxyl groups is 1. The van der Waals surface area contributed by atoms with Crippen molar-refractivity contribution < 1.29 is 23.0 Å². The first kappa shape index (κ1) is 10.8. The van der Waals surface area contributed by atoms with E-state index in [0.717, 1.165) is 12.1 Å². The van der Waals surface area contributed by atoms with Gasteiger partial charge in [0.25, 0.3) is 6.43 Å². The fraction of sp³-hybridized carbons (Fsp3) is 0.333. The molecule has 0 aliphatic rings. The van der Waals surface area contributed by atoms with Crippen molar-refractivity contribution in [1.82, 2.24) is 0 Å². The summed E-state index contributed by atoms with van der Waals surface area (Å²) in [6.07, 6.45) is -2.59. The van der Waals surface area contributed by atoms with E-state index in [-0.39, 0.29) is 11.3 Å². The minimum Gasteiger partial charge on any atom is -0.487 e. The molecule has 0 saturated heterocycles. The molecule has 0 amide bonds. The Morgan fingerprint density at radius 2 is 2.07 bits per heavy atom. The van der Waals surface area contributed by atoms with Crippen LogP contribution in [0.4, 0.5) is 13.2 Å². The Morgan fingerprint density at radius 1 is 1.36 bits per heavy atom. The second kappa shape index (κ2) is 4.85.